The number of nitrogens with zero attached hydrogens (tertiary/aromatic N) is 1. The first-order valence-corrected chi connectivity index (χ1v) is 4.32. The average molecular weight is 183 g/mol. The van der Waals surface area contributed by atoms with Gasteiger partial charge in [0.2, 0.25) is 0 Å². The molecule has 14 heavy (non-hydrogen) atoms. The molecule has 2 aromatic rings. The Morgan fingerprint density at radius 3 is 3.00 bits per heavy atom. The molecule has 0 aliphatic carbocycles. The number of hydrogen-bond acceptors (Lipinski definition) is 2. The molecule has 0 radical (unpaired) electrons. The lowest BCUT2D eigenvalue weighted by atomic mass is 10.2. The van der Waals surface area contributed by atoms with Crippen LogP contribution in [0.3, 0.4) is 0 Å². The highest BCUT2D eigenvalue weighted by Gasteiger charge is 2.00. The number of aromatic nitrogens is 1. The van der Waals surface area contributed by atoms with E-state index in [-0.39, 0.29) is 6.61 Å². The van der Waals surface area contributed by atoms with Gasteiger partial charge >= 0.3 is 0 Å². The van der Waals surface area contributed by atoms with E-state index in [1.807, 2.05) is 30.3 Å². The molecule has 0 amide bonds. The molecule has 0 bridgehead atoms. The van der Waals surface area contributed by atoms with Crippen molar-refractivity contribution in [3.8, 4) is 18.1 Å². The first kappa shape index (κ1) is 8.58. The van der Waals surface area contributed by atoms with E-state index in [2.05, 4.69) is 10.9 Å². The fourth-order valence-electron chi connectivity index (χ4n) is 1.31. The van der Waals surface area contributed by atoms with E-state index < -0.39 is 0 Å². The van der Waals surface area contributed by atoms with Gasteiger partial charge in [-0.25, -0.2) is 0 Å². The first-order valence-electron chi connectivity index (χ1n) is 4.32. The summed E-state index contributed by atoms with van der Waals surface area (Å²) in [6, 6.07) is 9.67. The standard InChI is InChI=1S/C12H9NO/c1-2-9-14-11-7-3-5-10-6-4-8-13-12(10)11/h1,3-8H,9H2. The summed E-state index contributed by atoms with van der Waals surface area (Å²) in [5, 5.41) is 1.06. The fraction of sp³-hybridized carbons (Fsp3) is 0.0833. The first-order chi connectivity index (χ1) is 6.92. The largest absolute Gasteiger partial charge is 0.479 e. The Bertz CT molecular complexity index is 480. The molecule has 2 rings (SSSR count). The predicted octanol–water partition coefficient (Wildman–Crippen LogP) is 2.25. The quantitative estimate of drug-likeness (QED) is 0.666. The van der Waals surface area contributed by atoms with Crippen molar-refractivity contribution < 1.29 is 4.74 Å². The van der Waals surface area contributed by atoms with E-state index in [0.29, 0.717) is 0 Å². The van der Waals surface area contributed by atoms with Crippen molar-refractivity contribution in [2.24, 2.45) is 0 Å². The molecule has 0 fully saturated rings. The second kappa shape index (κ2) is 3.80. The molecular weight excluding hydrogens is 174 g/mol. The number of hydrogen-bond donors (Lipinski definition) is 0. The molecule has 0 aliphatic heterocycles. The smallest absolute Gasteiger partial charge is 0.148 e. The van der Waals surface area contributed by atoms with Crippen molar-refractivity contribution in [3.63, 3.8) is 0 Å². The topological polar surface area (TPSA) is 22.1 Å². The van der Waals surface area contributed by atoms with Gasteiger partial charge < -0.3 is 4.74 Å². The van der Waals surface area contributed by atoms with E-state index in [4.69, 9.17) is 11.2 Å². The van der Waals surface area contributed by atoms with Crippen LogP contribution < -0.4 is 4.74 Å². The zero-order valence-corrected chi connectivity index (χ0v) is 7.60. The molecule has 1 heterocycles. The Morgan fingerprint density at radius 1 is 1.29 bits per heavy atom. The lowest BCUT2D eigenvalue weighted by Crippen LogP contribution is -1.94. The molecular formula is C12H9NO. The number of fused-ring (bicyclic) bond motifs is 1. The van der Waals surface area contributed by atoms with Crippen LogP contribution >= 0.6 is 0 Å². The van der Waals surface area contributed by atoms with Crippen LogP contribution in [0.25, 0.3) is 10.9 Å². The Balaban J connectivity index is 2.49. The van der Waals surface area contributed by atoms with Crippen LogP contribution in [0.15, 0.2) is 36.5 Å². The van der Waals surface area contributed by atoms with Crippen LogP contribution in [0.5, 0.6) is 5.75 Å². The minimum absolute atomic E-state index is 0.273. The number of benzene rings is 1. The van der Waals surface area contributed by atoms with E-state index in [1.54, 1.807) is 6.20 Å². The van der Waals surface area contributed by atoms with E-state index in [9.17, 15) is 0 Å². The SMILES string of the molecule is C#CCOc1cccc2cccnc12. The molecule has 1 aromatic carbocycles. The van der Waals surface area contributed by atoms with Gasteiger partial charge in [-0.1, -0.05) is 24.1 Å². The molecule has 0 atom stereocenters. The number of ether oxygens (including phenoxy) is 1. The molecule has 0 saturated heterocycles. The lowest BCUT2D eigenvalue weighted by molar-refractivity contribution is 0.374. The van der Waals surface area contributed by atoms with Crippen LogP contribution in [0.4, 0.5) is 0 Å². The lowest BCUT2D eigenvalue weighted by Gasteiger charge is -2.04. The molecule has 0 saturated carbocycles. The highest BCUT2D eigenvalue weighted by atomic mass is 16.5. The van der Waals surface area contributed by atoms with Gasteiger partial charge in [0.25, 0.3) is 0 Å². The molecule has 0 unspecified atom stereocenters. The third-order valence-corrected chi connectivity index (χ3v) is 1.91. The van der Waals surface area contributed by atoms with Crippen LogP contribution in [0.2, 0.25) is 0 Å². The maximum Gasteiger partial charge on any atom is 0.148 e. The van der Waals surface area contributed by atoms with Gasteiger partial charge in [0.05, 0.1) is 0 Å². The summed E-state index contributed by atoms with van der Waals surface area (Å²) in [5.74, 6) is 3.17. The van der Waals surface area contributed by atoms with Crippen molar-refractivity contribution in [1.82, 2.24) is 4.98 Å². The molecule has 2 heteroatoms. The van der Waals surface area contributed by atoms with Gasteiger partial charge in [-0.15, -0.1) is 6.42 Å². The van der Waals surface area contributed by atoms with Crippen molar-refractivity contribution in [1.29, 1.82) is 0 Å². The van der Waals surface area contributed by atoms with Crippen LogP contribution in [-0.2, 0) is 0 Å². The molecule has 0 spiro atoms. The maximum absolute atomic E-state index is 5.37. The van der Waals surface area contributed by atoms with E-state index in [1.165, 1.54) is 0 Å². The molecule has 68 valence electrons. The summed E-state index contributed by atoms with van der Waals surface area (Å²) in [6.45, 7) is 0.273. The van der Waals surface area contributed by atoms with Gasteiger partial charge in [-0.2, -0.15) is 0 Å². The second-order valence-corrected chi connectivity index (χ2v) is 2.82. The van der Waals surface area contributed by atoms with Gasteiger partial charge in [-0.3, -0.25) is 4.98 Å². The van der Waals surface area contributed by atoms with Crippen LogP contribution in [0.1, 0.15) is 0 Å². The number of para-hydroxylation sites is 1. The molecule has 1 aromatic heterocycles. The molecule has 0 aliphatic rings. The fourth-order valence-corrected chi connectivity index (χ4v) is 1.31. The highest BCUT2D eigenvalue weighted by molar-refractivity contribution is 5.84. The Morgan fingerprint density at radius 2 is 2.14 bits per heavy atom. The second-order valence-electron chi connectivity index (χ2n) is 2.82. The maximum atomic E-state index is 5.37. The Kier molecular flexibility index (Phi) is 2.33. The number of rotatable bonds is 2. The van der Waals surface area contributed by atoms with Crippen LogP contribution in [-0.4, -0.2) is 11.6 Å². The third kappa shape index (κ3) is 1.53. The highest BCUT2D eigenvalue weighted by Crippen LogP contribution is 2.22. The van der Waals surface area contributed by atoms with Crippen LogP contribution in [0, 0.1) is 12.3 Å². The third-order valence-electron chi connectivity index (χ3n) is 1.91. The van der Waals surface area contributed by atoms with Crippen molar-refractivity contribution >= 4 is 10.9 Å². The summed E-state index contributed by atoms with van der Waals surface area (Å²) in [5.41, 5.74) is 0.852. The summed E-state index contributed by atoms with van der Waals surface area (Å²) in [4.78, 5) is 4.24. The minimum Gasteiger partial charge on any atom is -0.479 e. The van der Waals surface area contributed by atoms with Gasteiger partial charge in [0.1, 0.15) is 17.9 Å². The normalized spacial score (nSPS) is 9.64. The Hall–Kier alpha value is -2.01. The summed E-state index contributed by atoms with van der Waals surface area (Å²) >= 11 is 0. The molecule has 0 N–H and O–H groups in total. The average Bonchev–Trinajstić information content (AvgIpc) is 2.26. The van der Waals surface area contributed by atoms with Gasteiger partial charge in [0.15, 0.2) is 0 Å². The minimum atomic E-state index is 0.273. The van der Waals surface area contributed by atoms with Crippen molar-refractivity contribution in [2.75, 3.05) is 6.61 Å². The van der Waals surface area contributed by atoms with Crippen molar-refractivity contribution in [2.45, 2.75) is 0 Å². The summed E-state index contributed by atoms with van der Waals surface area (Å²) in [7, 11) is 0. The van der Waals surface area contributed by atoms with E-state index in [0.717, 1.165) is 16.7 Å². The Labute approximate surface area is 82.5 Å². The predicted molar refractivity (Wildman–Crippen MR) is 56.1 cm³/mol. The van der Waals surface area contributed by atoms with E-state index >= 15 is 0 Å². The molecule has 2 nitrogen and oxygen atoms in total. The zero-order valence-electron chi connectivity index (χ0n) is 7.60. The van der Waals surface area contributed by atoms with Gasteiger partial charge in [0, 0.05) is 11.6 Å². The summed E-state index contributed by atoms with van der Waals surface area (Å²) in [6.07, 6.45) is 6.87. The number of pyridine rings is 1. The van der Waals surface area contributed by atoms with Crippen molar-refractivity contribution in [3.05, 3.63) is 36.5 Å². The van der Waals surface area contributed by atoms with Gasteiger partial charge in [-0.05, 0) is 12.1 Å². The number of terminal acetylenes is 1. The summed E-state index contributed by atoms with van der Waals surface area (Å²) < 4.78 is 5.37. The zero-order chi connectivity index (χ0) is 9.80. The monoisotopic (exact) mass is 183 g/mol.